The highest BCUT2D eigenvalue weighted by atomic mass is 32.1. The first-order chi connectivity index (χ1) is 10.2. The summed E-state index contributed by atoms with van der Waals surface area (Å²) in [6, 6.07) is 10.4. The lowest BCUT2D eigenvalue weighted by Crippen LogP contribution is -2.12. The maximum Gasteiger partial charge on any atom is 0.161 e. The maximum absolute atomic E-state index is 5.77. The Labute approximate surface area is 130 Å². The summed E-state index contributed by atoms with van der Waals surface area (Å²) in [5.74, 6) is 1.63. The Kier molecular flexibility index (Phi) is 6.08. The Hall–Kier alpha value is -1.52. The molecular formula is C17H23NO2S. The molecular weight excluding hydrogens is 282 g/mol. The molecule has 0 saturated carbocycles. The second kappa shape index (κ2) is 8.05. The molecule has 0 radical (unpaired) electrons. The zero-order chi connectivity index (χ0) is 15.1. The molecule has 4 heteroatoms. The molecule has 1 N–H and O–H groups in total. The minimum atomic E-state index is 0.145. The fourth-order valence-electron chi connectivity index (χ4n) is 2.03. The lowest BCUT2D eigenvalue weighted by Gasteiger charge is -2.15. The highest BCUT2D eigenvalue weighted by Gasteiger charge is 2.08. The molecule has 0 amide bonds. The minimum Gasteiger partial charge on any atom is -0.490 e. The highest BCUT2D eigenvalue weighted by Crippen LogP contribution is 2.29. The number of benzene rings is 1. The van der Waals surface area contributed by atoms with Gasteiger partial charge in [0.15, 0.2) is 11.5 Å². The van der Waals surface area contributed by atoms with Gasteiger partial charge in [-0.15, -0.1) is 11.3 Å². The Balaban J connectivity index is 1.97. The van der Waals surface area contributed by atoms with Crippen LogP contribution in [0.2, 0.25) is 0 Å². The van der Waals surface area contributed by atoms with E-state index in [1.54, 1.807) is 11.3 Å². The van der Waals surface area contributed by atoms with Crippen molar-refractivity contribution >= 4 is 11.3 Å². The molecule has 1 aromatic carbocycles. The summed E-state index contributed by atoms with van der Waals surface area (Å²) < 4.78 is 11.5. The van der Waals surface area contributed by atoms with Crippen molar-refractivity contribution in [2.24, 2.45) is 0 Å². The lowest BCUT2D eigenvalue weighted by molar-refractivity contribution is 0.223. The monoisotopic (exact) mass is 305 g/mol. The fraction of sp³-hybridized carbons (Fsp3) is 0.412. The molecule has 0 aliphatic carbocycles. The van der Waals surface area contributed by atoms with Gasteiger partial charge in [-0.2, -0.15) is 0 Å². The van der Waals surface area contributed by atoms with Gasteiger partial charge in [0.25, 0.3) is 0 Å². The van der Waals surface area contributed by atoms with Gasteiger partial charge in [0.1, 0.15) is 0 Å². The summed E-state index contributed by atoms with van der Waals surface area (Å²) in [5, 5.41) is 5.55. The zero-order valence-electron chi connectivity index (χ0n) is 12.9. The second-order valence-electron chi connectivity index (χ2n) is 5.06. The molecule has 0 spiro atoms. The van der Waals surface area contributed by atoms with Crippen molar-refractivity contribution in [1.82, 2.24) is 5.32 Å². The van der Waals surface area contributed by atoms with Gasteiger partial charge in [0.05, 0.1) is 12.7 Å². The smallest absolute Gasteiger partial charge is 0.161 e. The zero-order valence-corrected chi connectivity index (χ0v) is 13.7. The normalized spacial score (nSPS) is 10.9. The van der Waals surface area contributed by atoms with E-state index in [0.717, 1.165) is 24.6 Å². The van der Waals surface area contributed by atoms with Crippen LogP contribution < -0.4 is 14.8 Å². The van der Waals surface area contributed by atoms with Crippen molar-refractivity contribution < 1.29 is 9.47 Å². The molecule has 2 aromatic rings. The predicted octanol–water partition coefficient (Wildman–Crippen LogP) is 4.22. The van der Waals surface area contributed by atoms with Gasteiger partial charge in [0.2, 0.25) is 0 Å². The Bertz CT molecular complexity index is 538. The second-order valence-corrected chi connectivity index (χ2v) is 6.10. The van der Waals surface area contributed by atoms with Crippen LogP contribution in [0.1, 0.15) is 31.2 Å². The number of nitrogens with one attached hydrogen (secondary N) is 1. The van der Waals surface area contributed by atoms with Crippen LogP contribution in [0.15, 0.2) is 35.7 Å². The van der Waals surface area contributed by atoms with E-state index in [1.807, 2.05) is 26.8 Å². The van der Waals surface area contributed by atoms with Crippen LogP contribution in [0.25, 0.3) is 0 Å². The first-order valence-corrected chi connectivity index (χ1v) is 8.22. The summed E-state index contributed by atoms with van der Waals surface area (Å²) >= 11 is 1.77. The third-order valence-electron chi connectivity index (χ3n) is 2.88. The van der Waals surface area contributed by atoms with Gasteiger partial charge in [-0.1, -0.05) is 12.1 Å². The van der Waals surface area contributed by atoms with E-state index in [1.165, 1.54) is 10.4 Å². The topological polar surface area (TPSA) is 30.5 Å². The van der Waals surface area contributed by atoms with Gasteiger partial charge in [-0.05, 0) is 49.9 Å². The lowest BCUT2D eigenvalue weighted by atomic mass is 10.2. The maximum atomic E-state index is 5.77. The highest BCUT2D eigenvalue weighted by molar-refractivity contribution is 7.09. The van der Waals surface area contributed by atoms with E-state index in [0.29, 0.717) is 6.61 Å². The Morgan fingerprint density at radius 3 is 2.67 bits per heavy atom. The van der Waals surface area contributed by atoms with Gasteiger partial charge < -0.3 is 14.8 Å². The molecule has 114 valence electrons. The molecule has 0 atom stereocenters. The van der Waals surface area contributed by atoms with Crippen LogP contribution in [-0.4, -0.2) is 12.7 Å². The minimum absolute atomic E-state index is 0.145. The fourth-order valence-corrected chi connectivity index (χ4v) is 2.70. The van der Waals surface area contributed by atoms with Crippen molar-refractivity contribution in [1.29, 1.82) is 0 Å². The molecule has 2 rings (SSSR count). The molecule has 0 saturated heterocycles. The summed E-state index contributed by atoms with van der Waals surface area (Å²) in [4.78, 5) is 1.35. The first kappa shape index (κ1) is 15.9. The summed E-state index contributed by atoms with van der Waals surface area (Å²) in [6.07, 6.45) is 0.145. The van der Waals surface area contributed by atoms with Gasteiger partial charge in [0, 0.05) is 18.0 Å². The molecule has 0 aliphatic heterocycles. The quantitative estimate of drug-likeness (QED) is 0.792. The van der Waals surface area contributed by atoms with Gasteiger partial charge in [-0.3, -0.25) is 0 Å². The number of hydrogen-bond donors (Lipinski definition) is 1. The first-order valence-electron chi connectivity index (χ1n) is 7.34. The van der Waals surface area contributed by atoms with Gasteiger partial charge >= 0.3 is 0 Å². The van der Waals surface area contributed by atoms with Crippen molar-refractivity contribution in [3.63, 3.8) is 0 Å². The average molecular weight is 305 g/mol. The number of rotatable bonds is 8. The molecule has 3 nitrogen and oxygen atoms in total. The van der Waals surface area contributed by atoms with Crippen LogP contribution >= 0.6 is 11.3 Å². The molecule has 0 bridgehead atoms. The third kappa shape index (κ3) is 5.06. The van der Waals surface area contributed by atoms with Crippen molar-refractivity contribution in [3.8, 4) is 11.5 Å². The largest absolute Gasteiger partial charge is 0.490 e. The van der Waals surface area contributed by atoms with Crippen molar-refractivity contribution in [2.75, 3.05) is 6.61 Å². The molecule has 0 aliphatic rings. The summed E-state index contributed by atoms with van der Waals surface area (Å²) in [7, 11) is 0. The average Bonchev–Trinajstić information content (AvgIpc) is 2.94. The molecule has 0 unspecified atom stereocenters. The van der Waals surface area contributed by atoms with Crippen LogP contribution in [0, 0.1) is 0 Å². The molecule has 0 fully saturated rings. The van der Waals surface area contributed by atoms with E-state index in [2.05, 4.69) is 35.0 Å². The van der Waals surface area contributed by atoms with E-state index in [4.69, 9.17) is 9.47 Å². The summed E-state index contributed by atoms with van der Waals surface area (Å²) in [5.41, 5.74) is 1.20. The SMILES string of the molecule is CCOc1cc(CNCc2cccs2)ccc1OC(C)C. The van der Waals surface area contributed by atoms with Crippen LogP contribution in [-0.2, 0) is 13.1 Å². The molecule has 1 aromatic heterocycles. The number of ether oxygens (including phenoxy) is 2. The Morgan fingerprint density at radius 1 is 1.14 bits per heavy atom. The third-order valence-corrected chi connectivity index (χ3v) is 3.76. The number of thiophene rings is 1. The summed E-state index contributed by atoms with van der Waals surface area (Å²) in [6.45, 7) is 8.38. The Morgan fingerprint density at radius 2 is 2.00 bits per heavy atom. The molecule has 1 heterocycles. The van der Waals surface area contributed by atoms with E-state index < -0.39 is 0 Å². The van der Waals surface area contributed by atoms with Crippen LogP contribution in [0.5, 0.6) is 11.5 Å². The van der Waals surface area contributed by atoms with E-state index >= 15 is 0 Å². The molecule has 21 heavy (non-hydrogen) atoms. The van der Waals surface area contributed by atoms with Crippen LogP contribution in [0.3, 0.4) is 0 Å². The van der Waals surface area contributed by atoms with E-state index in [-0.39, 0.29) is 6.10 Å². The van der Waals surface area contributed by atoms with Crippen molar-refractivity contribution in [3.05, 3.63) is 46.2 Å². The standard InChI is InChI=1S/C17H23NO2S/c1-4-19-17-10-14(7-8-16(17)20-13(2)3)11-18-12-15-6-5-9-21-15/h5-10,13,18H,4,11-12H2,1-3H3. The number of hydrogen-bond acceptors (Lipinski definition) is 4. The van der Waals surface area contributed by atoms with Crippen molar-refractivity contribution in [2.45, 2.75) is 40.0 Å². The predicted molar refractivity (Wildman–Crippen MR) is 88.2 cm³/mol. The van der Waals surface area contributed by atoms with Gasteiger partial charge in [-0.25, -0.2) is 0 Å². The van der Waals surface area contributed by atoms with E-state index in [9.17, 15) is 0 Å². The van der Waals surface area contributed by atoms with Crippen LogP contribution in [0.4, 0.5) is 0 Å².